The highest BCUT2D eigenvalue weighted by atomic mass is 19.3. The highest BCUT2D eigenvalue weighted by molar-refractivity contribution is 4.81. The van der Waals surface area contributed by atoms with Crippen molar-refractivity contribution >= 4 is 0 Å². The summed E-state index contributed by atoms with van der Waals surface area (Å²) in [6.07, 6.45) is -0.0127. The zero-order chi connectivity index (χ0) is 9.19. The van der Waals surface area contributed by atoms with E-state index in [2.05, 4.69) is 0 Å². The number of rotatable bonds is 2. The fraction of sp³-hybridized carbons (Fsp3) is 1.00. The van der Waals surface area contributed by atoms with Crippen LogP contribution in [0.25, 0.3) is 0 Å². The minimum Gasteiger partial charge on any atom is -0.392 e. The van der Waals surface area contributed by atoms with Crippen molar-refractivity contribution in [2.24, 2.45) is 11.7 Å². The molecule has 0 aromatic heterocycles. The summed E-state index contributed by atoms with van der Waals surface area (Å²) in [7, 11) is 0. The molecule has 0 unspecified atom stereocenters. The molecule has 1 aliphatic carbocycles. The summed E-state index contributed by atoms with van der Waals surface area (Å²) in [5.41, 5.74) is 5.23. The van der Waals surface area contributed by atoms with Crippen LogP contribution in [-0.2, 0) is 0 Å². The molecule has 0 amide bonds. The topological polar surface area (TPSA) is 46.2 Å². The SMILES string of the molecule is NC[C@H](O)C1CCC(F)(F)CC1. The Kier molecular flexibility index (Phi) is 3.01. The van der Waals surface area contributed by atoms with E-state index >= 15 is 0 Å². The van der Waals surface area contributed by atoms with Gasteiger partial charge in [-0.3, -0.25) is 0 Å². The van der Waals surface area contributed by atoms with E-state index in [1.807, 2.05) is 0 Å². The average Bonchev–Trinajstić information content (AvgIpc) is 2.03. The Morgan fingerprint density at radius 3 is 2.33 bits per heavy atom. The minimum absolute atomic E-state index is 0.0189. The van der Waals surface area contributed by atoms with Gasteiger partial charge in [-0.2, -0.15) is 0 Å². The standard InChI is InChI=1S/C8H15F2NO/c9-8(10)3-1-6(2-4-8)7(12)5-11/h6-7,12H,1-5,11H2/t7-/m0/s1. The van der Waals surface area contributed by atoms with Crippen LogP contribution in [0.5, 0.6) is 0 Å². The highest BCUT2D eigenvalue weighted by Crippen LogP contribution is 2.37. The fourth-order valence-corrected chi connectivity index (χ4v) is 1.64. The van der Waals surface area contributed by atoms with Crippen LogP contribution < -0.4 is 5.73 Å². The lowest BCUT2D eigenvalue weighted by Crippen LogP contribution is -2.35. The van der Waals surface area contributed by atoms with E-state index in [1.54, 1.807) is 0 Å². The Morgan fingerprint density at radius 1 is 1.42 bits per heavy atom. The third-order valence-electron chi connectivity index (χ3n) is 2.55. The monoisotopic (exact) mass is 179 g/mol. The molecular weight excluding hydrogens is 164 g/mol. The van der Waals surface area contributed by atoms with E-state index in [1.165, 1.54) is 0 Å². The Bertz CT molecular complexity index is 142. The predicted molar refractivity (Wildman–Crippen MR) is 42.0 cm³/mol. The van der Waals surface area contributed by atoms with E-state index in [0.29, 0.717) is 12.8 Å². The van der Waals surface area contributed by atoms with Crippen molar-refractivity contribution in [1.29, 1.82) is 0 Å². The van der Waals surface area contributed by atoms with Crippen LogP contribution in [0, 0.1) is 5.92 Å². The van der Waals surface area contributed by atoms with Gasteiger partial charge in [0.2, 0.25) is 5.92 Å². The molecule has 0 heterocycles. The van der Waals surface area contributed by atoms with Gasteiger partial charge < -0.3 is 10.8 Å². The zero-order valence-corrected chi connectivity index (χ0v) is 6.97. The van der Waals surface area contributed by atoms with Gasteiger partial charge in [0, 0.05) is 19.4 Å². The second-order valence-electron chi connectivity index (χ2n) is 3.50. The molecule has 3 N–H and O–H groups in total. The zero-order valence-electron chi connectivity index (χ0n) is 6.97. The van der Waals surface area contributed by atoms with E-state index < -0.39 is 12.0 Å². The Morgan fingerprint density at radius 2 is 1.92 bits per heavy atom. The van der Waals surface area contributed by atoms with Gasteiger partial charge in [0.05, 0.1) is 6.10 Å². The number of hydrogen-bond donors (Lipinski definition) is 2. The second-order valence-corrected chi connectivity index (χ2v) is 3.50. The second kappa shape index (κ2) is 3.66. The maximum Gasteiger partial charge on any atom is 0.248 e. The molecule has 1 rings (SSSR count). The van der Waals surface area contributed by atoms with Gasteiger partial charge in [-0.1, -0.05) is 0 Å². The van der Waals surface area contributed by atoms with Crippen molar-refractivity contribution in [2.75, 3.05) is 6.54 Å². The largest absolute Gasteiger partial charge is 0.392 e. The molecule has 0 aliphatic heterocycles. The summed E-state index contributed by atoms with van der Waals surface area (Å²) in [6, 6.07) is 0. The summed E-state index contributed by atoms with van der Waals surface area (Å²) < 4.78 is 25.3. The van der Waals surface area contributed by atoms with Crippen molar-refractivity contribution in [3.05, 3.63) is 0 Å². The molecule has 12 heavy (non-hydrogen) atoms. The number of nitrogens with two attached hydrogens (primary N) is 1. The lowest BCUT2D eigenvalue weighted by atomic mass is 9.83. The van der Waals surface area contributed by atoms with Gasteiger partial charge in [-0.25, -0.2) is 8.78 Å². The lowest BCUT2D eigenvalue weighted by molar-refractivity contribution is -0.0609. The molecule has 4 heteroatoms. The summed E-state index contributed by atoms with van der Waals surface area (Å²) in [4.78, 5) is 0. The number of hydrogen-bond acceptors (Lipinski definition) is 2. The van der Waals surface area contributed by atoms with Crippen LogP contribution in [0.1, 0.15) is 25.7 Å². The molecule has 1 atom stereocenters. The van der Waals surface area contributed by atoms with Crippen LogP contribution in [0.3, 0.4) is 0 Å². The van der Waals surface area contributed by atoms with E-state index in [4.69, 9.17) is 5.73 Å². The normalized spacial score (nSPS) is 27.0. The van der Waals surface area contributed by atoms with Crippen molar-refractivity contribution in [3.8, 4) is 0 Å². The summed E-state index contributed by atoms with van der Waals surface area (Å²) in [6.45, 7) is 0.177. The van der Waals surface area contributed by atoms with Crippen molar-refractivity contribution in [3.63, 3.8) is 0 Å². The summed E-state index contributed by atoms with van der Waals surface area (Å²) in [5.74, 6) is -2.53. The van der Waals surface area contributed by atoms with Crippen molar-refractivity contribution in [2.45, 2.75) is 37.7 Å². The molecule has 72 valence electrons. The molecule has 0 saturated heterocycles. The molecular formula is C8H15F2NO. The minimum atomic E-state index is -2.51. The van der Waals surface area contributed by atoms with Gasteiger partial charge >= 0.3 is 0 Å². The first kappa shape index (κ1) is 9.86. The number of alkyl halides is 2. The Hall–Kier alpha value is -0.220. The number of halogens is 2. The van der Waals surface area contributed by atoms with Crippen LogP contribution in [0.2, 0.25) is 0 Å². The van der Waals surface area contributed by atoms with E-state index in [9.17, 15) is 13.9 Å². The van der Waals surface area contributed by atoms with Crippen LogP contribution in [0.4, 0.5) is 8.78 Å². The smallest absolute Gasteiger partial charge is 0.248 e. The number of aliphatic hydroxyl groups is 1. The molecule has 0 bridgehead atoms. The van der Waals surface area contributed by atoms with E-state index in [-0.39, 0.29) is 25.3 Å². The van der Waals surface area contributed by atoms with Crippen LogP contribution >= 0.6 is 0 Å². The molecule has 0 spiro atoms. The third-order valence-corrected chi connectivity index (χ3v) is 2.55. The average molecular weight is 179 g/mol. The van der Waals surface area contributed by atoms with Gasteiger partial charge in [-0.05, 0) is 18.8 Å². The van der Waals surface area contributed by atoms with Crippen molar-refractivity contribution < 1.29 is 13.9 Å². The molecule has 0 aromatic rings. The number of aliphatic hydroxyl groups excluding tert-OH is 1. The van der Waals surface area contributed by atoms with Gasteiger partial charge in [0.1, 0.15) is 0 Å². The first-order valence-electron chi connectivity index (χ1n) is 4.31. The molecule has 0 radical (unpaired) electrons. The molecule has 0 aromatic carbocycles. The first-order chi connectivity index (χ1) is 5.55. The van der Waals surface area contributed by atoms with Crippen LogP contribution in [-0.4, -0.2) is 23.7 Å². The maximum atomic E-state index is 12.6. The Labute approximate surface area is 70.8 Å². The highest BCUT2D eigenvalue weighted by Gasteiger charge is 2.36. The molecule has 1 fully saturated rings. The summed E-state index contributed by atoms with van der Waals surface area (Å²) in [5, 5.41) is 9.28. The quantitative estimate of drug-likeness (QED) is 0.667. The lowest BCUT2D eigenvalue weighted by Gasteiger charge is -2.30. The van der Waals surface area contributed by atoms with E-state index in [0.717, 1.165) is 0 Å². The molecule has 2 nitrogen and oxygen atoms in total. The van der Waals surface area contributed by atoms with Gasteiger partial charge in [0.15, 0.2) is 0 Å². The van der Waals surface area contributed by atoms with Crippen LogP contribution in [0.15, 0.2) is 0 Å². The maximum absolute atomic E-state index is 12.6. The third kappa shape index (κ3) is 2.38. The molecule has 1 saturated carbocycles. The first-order valence-corrected chi connectivity index (χ1v) is 4.31. The molecule has 1 aliphatic rings. The van der Waals surface area contributed by atoms with Gasteiger partial charge in [0.25, 0.3) is 0 Å². The predicted octanol–water partition coefficient (Wildman–Crippen LogP) is 1.13. The summed E-state index contributed by atoms with van der Waals surface area (Å²) >= 11 is 0. The Balaban J connectivity index is 2.36. The van der Waals surface area contributed by atoms with Crippen molar-refractivity contribution in [1.82, 2.24) is 0 Å². The fourth-order valence-electron chi connectivity index (χ4n) is 1.64. The van der Waals surface area contributed by atoms with Gasteiger partial charge in [-0.15, -0.1) is 0 Å².